The molecule has 3 heterocycles. The standard InChI is InChI=1S/C19H21NO4/c1-3-9-23-18(22)15-14-7-8-19(24-14)11-20(17(21)16(15)19)13-6-4-5-12(2)10-13/h4-8,10,14-16H,3,9,11H2,1-2H3. The van der Waals surface area contributed by atoms with Gasteiger partial charge in [-0.25, -0.2) is 0 Å². The van der Waals surface area contributed by atoms with Crippen molar-refractivity contribution in [2.45, 2.75) is 32.0 Å². The molecule has 126 valence electrons. The molecule has 1 aromatic rings. The van der Waals surface area contributed by atoms with E-state index in [9.17, 15) is 9.59 Å². The van der Waals surface area contributed by atoms with E-state index in [1.165, 1.54) is 0 Å². The Morgan fingerprint density at radius 3 is 3.04 bits per heavy atom. The third kappa shape index (κ3) is 2.11. The molecular weight excluding hydrogens is 306 g/mol. The van der Waals surface area contributed by atoms with E-state index in [0.717, 1.165) is 17.7 Å². The molecule has 0 aliphatic carbocycles. The summed E-state index contributed by atoms with van der Waals surface area (Å²) in [6.45, 7) is 4.77. The number of benzene rings is 1. The van der Waals surface area contributed by atoms with E-state index >= 15 is 0 Å². The highest BCUT2D eigenvalue weighted by molar-refractivity contribution is 6.02. The van der Waals surface area contributed by atoms with E-state index in [1.807, 2.05) is 50.3 Å². The number of hydrogen-bond donors (Lipinski definition) is 0. The zero-order valence-corrected chi connectivity index (χ0v) is 13.9. The summed E-state index contributed by atoms with van der Waals surface area (Å²) >= 11 is 0. The number of carbonyl (C=O) groups is 2. The van der Waals surface area contributed by atoms with Crippen LogP contribution in [-0.4, -0.2) is 36.7 Å². The summed E-state index contributed by atoms with van der Waals surface area (Å²) in [5.74, 6) is -1.40. The number of nitrogens with zero attached hydrogens (tertiary/aromatic N) is 1. The molecule has 1 amide bonds. The Bertz CT molecular complexity index is 728. The smallest absolute Gasteiger partial charge is 0.312 e. The van der Waals surface area contributed by atoms with Crippen LogP contribution in [0.2, 0.25) is 0 Å². The number of esters is 1. The van der Waals surface area contributed by atoms with Crippen LogP contribution in [0.25, 0.3) is 0 Å². The number of fused-ring (bicyclic) bond motifs is 1. The van der Waals surface area contributed by atoms with Crippen molar-refractivity contribution in [2.24, 2.45) is 11.8 Å². The molecule has 2 bridgehead atoms. The van der Waals surface area contributed by atoms with E-state index in [2.05, 4.69) is 0 Å². The van der Waals surface area contributed by atoms with Crippen LogP contribution in [-0.2, 0) is 19.1 Å². The summed E-state index contributed by atoms with van der Waals surface area (Å²) in [6.07, 6.45) is 4.28. The molecule has 2 saturated heterocycles. The van der Waals surface area contributed by atoms with Gasteiger partial charge in [0.15, 0.2) is 0 Å². The fourth-order valence-corrected chi connectivity index (χ4v) is 4.08. The fourth-order valence-electron chi connectivity index (χ4n) is 4.08. The monoisotopic (exact) mass is 327 g/mol. The molecule has 24 heavy (non-hydrogen) atoms. The highest BCUT2D eigenvalue weighted by atomic mass is 16.6. The van der Waals surface area contributed by atoms with Crippen LogP contribution in [0.3, 0.4) is 0 Å². The average Bonchev–Trinajstić information content (AvgIpc) is 3.21. The Hall–Kier alpha value is -2.14. The van der Waals surface area contributed by atoms with Crippen molar-refractivity contribution < 1.29 is 19.1 Å². The van der Waals surface area contributed by atoms with Gasteiger partial charge in [-0.1, -0.05) is 31.2 Å². The van der Waals surface area contributed by atoms with Gasteiger partial charge in [0.1, 0.15) is 11.5 Å². The number of ether oxygens (including phenoxy) is 2. The van der Waals surface area contributed by atoms with Gasteiger partial charge in [-0.2, -0.15) is 0 Å². The van der Waals surface area contributed by atoms with Crippen LogP contribution in [0.1, 0.15) is 18.9 Å². The lowest BCUT2D eigenvalue weighted by Crippen LogP contribution is -2.40. The third-order valence-corrected chi connectivity index (χ3v) is 5.13. The van der Waals surface area contributed by atoms with Crippen LogP contribution in [0, 0.1) is 18.8 Å². The molecule has 4 atom stereocenters. The fraction of sp³-hybridized carbons (Fsp3) is 0.474. The first-order valence-electron chi connectivity index (χ1n) is 8.47. The highest BCUT2D eigenvalue weighted by Gasteiger charge is 2.67. The Balaban J connectivity index is 1.65. The van der Waals surface area contributed by atoms with Crippen molar-refractivity contribution in [3.63, 3.8) is 0 Å². The number of amides is 1. The van der Waals surface area contributed by atoms with Gasteiger partial charge < -0.3 is 14.4 Å². The normalized spacial score (nSPS) is 33.2. The zero-order chi connectivity index (χ0) is 16.9. The van der Waals surface area contributed by atoms with Gasteiger partial charge in [0.05, 0.1) is 25.2 Å². The lowest BCUT2D eigenvalue weighted by atomic mass is 9.77. The highest BCUT2D eigenvalue weighted by Crippen LogP contribution is 2.52. The quantitative estimate of drug-likeness (QED) is 0.629. The minimum atomic E-state index is -0.693. The molecule has 1 spiro atoms. The van der Waals surface area contributed by atoms with E-state index in [1.54, 1.807) is 4.90 Å². The molecule has 1 aromatic carbocycles. The van der Waals surface area contributed by atoms with Gasteiger partial charge in [-0.15, -0.1) is 0 Å². The summed E-state index contributed by atoms with van der Waals surface area (Å²) in [7, 11) is 0. The van der Waals surface area contributed by atoms with Crippen molar-refractivity contribution >= 4 is 17.6 Å². The Morgan fingerprint density at radius 2 is 2.29 bits per heavy atom. The van der Waals surface area contributed by atoms with Crippen molar-refractivity contribution in [3.8, 4) is 0 Å². The lowest BCUT2D eigenvalue weighted by molar-refractivity contribution is -0.152. The molecule has 0 radical (unpaired) electrons. The molecule has 5 nitrogen and oxygen atoms in total. The van der Waals surface area contributed by atoms with Crippen LogP contribution in [0.4, 0.5) is 5.69 Å². The molecular formula is C19H21NO4. The van der Waals surface area contributed by atoms with Crippen LogP contribution < -0.4 is 4.90 Å². The lowest BCUT2D eigenvalue weighted by Gasteiger charge is -2.22. The molecule has 0 aromatic heterocycles. The maximum atomic E-state index is 13.1. The number of aryl methyl sites for hydroxylation is 1. The van der Waals surface area contributed by atoms with Crippen LogP contribution >= 0.6 is 0 Å². The first-order chi connectivity index (χ1) is 11.6. The molecule has 5 heteroatoms. The number of rotatable bonds is 4. The summed E-state index contributed by atoms with van der Waals surface area (Å²) in [5.41, 5.74) is 1.25. The van der Waals surface area contributed by atoms with Gasteiger partial charge in [0.2, 0.25) is 5.91 Å². The van der Waals surface area contributed by atoms with E-state index < -0.39 is 17.4 Å². The van der Waals surface area contributed by atoms with Crippen molar-refractivity contribution in [3.05, 3.63) is 42.0 Å². The number of anilines is 1. The van der Waals surface area contributed by atoms with Crippen molar-refractivity contribution in [1.82, 2.24) is 0 Å². The Kier molecular flexibility index (Phi) is 3.49. The van der Waals surface area contributed by atoms with Gasteiger partial charge in [0, 0.05) is 5.69 Å². The number of hydrogen-bond acceptors (Lipinski definition) is 4. The second kappa shape index (κ2) is 5.45. The number of carbonyl (C=O) groups excluding carboxylic acids is 2. The molecule has 4 rings (SSSR count). The third-order valence-electron chi connectivity index (χ3n) is 5.13. The maximum absolute atomic E-state index is 13.1. The zero-order valence-electron chi connectivity index (χ0n) is 13.9. The predicted octanol–water partition coefficient (Wildman–Crippen LogP) is 2.23. The Morgan fingerprint density at radius 1 is 1.46 bits per heavy atom. The van der Waals surface area contributed by atoms with Gasteiger partial charge >= 0.3 is 5.97 Å². The first kappa shape index (κ1) is 15.4. The van der Waals surface area contributed by atoms with Crippen LogP contribution in [0.5, 0.6) is 0 Å². The van der Waals surface area contributed by atoms with E-state index in [0.29, 0.717) is 13.2 Å². The molecule has 0 saturated carbocycles. The Labute approximate surface area is 141 Å². The predicted molar refractivity (Wildman–Crippen MR) is 88.5 cm³/mol. The average molecular weight is 327 g/mol. The summed E-state index contributed by atoms with van der Waals surface area (Å²) < 4.78 is 11.4. The molecule has 2 fully saturated rings. The second-order valence-corrected chi connectivity index (χ2v) is 6.83. The molecule has 4 unspecified atom stereocenters. The first-order valence-corrected chi connectivity index (χ1v) is 8.47. The topological polar surface area (TPSA) is 55.8 Å². The van der Waals surface area contributed by atoms with Gasteiger partial charge in [-0.3, -0.25) is 9.59 Å². The minimum absolute atomic E-state index is 0.0501. The SMILES string of the molecule is CCCOC(=O)C1C2C=CC3(CN(c4cccc(C)c4)C(=O)C13)O2. The van der Waals surface area contributed by atoms with Gasteiger partial charge in [-0.05, 0) is 31.0 Å². The largest absolute Gasteiger partial charge is 0.465 e. The minimum Gasteiger partial charge on any atom is -0.465 e. The van der Waals surface area contributed by atoms with Gasteiger partial charge in [0.25, 0.3) is 0 Å². The van der Waals surface area contributed by atoms with Crippen molar-refractivity contribution in [2.75, 3.05) is 18.1 Å². The molecule has 0 N–H and O–H groups in total. The van der Waals surface area contributed by atoms with E-state index in [-0.39, 0.29) is 18.0 Å². The summed E-state index contributed by atoms with van der Waals surface area (Å²) in [5, 5.41) is 0. The molecule has 3 aliphatic heterocycles. The second-order valence-electron chi connectivity index (χ2n) is 6.83. The van der Waals surface area contributed by atoms with E-state index in [4.69, 9.17) is 9.47 Å². The summed E-state index contributed by atoms with van der Waals surface area (Å²) in [6, 6.07) is 7.83. The maximum Gasteiger partial charge on any atom is 0.312 e. The molecule has 3 aliphatic rings. The summed E-state index contributed by atoms with van der Waals surface area (Å²) in [4.78, 5) is 27.3. The van der Waals surface area contributed by atoms with Crippen LogP contribution in [0.15, 0.2) is 36.4 Å². The van der Waals surface area contributed by atoms with Crippen molar-refractivity contribution in [1.29, 1.82) is 0 Å².